The van der Waals surface area contributed by atoms with Crippen LogP contribution in [0.2, 0.25) is 0 Å². The van der Waals surface area contributed by atoms with E-state index in [0.717, 1.165) is 93.7 Å². The number of unbranched alkanes of at least 4 members (excludes halogenated alkanes) is 25. The van der Waals surface area contributed by atoms with E-state index in [2.05, 4.69) is 33.0 Å². The molecule has 0 spiro atoms. The van der Waals surface area contributed by atoms with Crippen LogP contribution >= 0.6 is 11.8 Å². The number of rotatable bonds is 40. The average Bonchev–Trinajstić information content (AvgIpc) is 3.14. The number of hydrogen-bond donors (Lipinski definition) is 2. The number of hydrogen-bond acceptors (Lipinski definition) is 7. The maximum atomic E-state index is 13.9. The molecule has 0 aromatic heterocycles. The molecule has 0 radical (unpaired) electrons. The topological polar surface area (TPSA) is 88.1 Å². The monoisotopic (exact) mass is 771 g/mol. The summed E-state index contributed by atoms with van der Waals surface area (Å²) in [7, 11) is 1.84. The van der Waals surface area contributed by atoms with Gasteiger partial charge in [-0.25, -0.2) is 4.79 Å². The van der Waals surface area contributed by atoms with Crippen molar-refractivity contribution in [2.45, 2.75) is 258 Å². The average molecular weight is 771 g/mol. The summed E-state index contributed by atoms with van der Waals surface area (Å²) in [6, 6.07) is 0. The molecule has 53 heavy (non-hydrogen) atoms. The lowest BCUT2D eigenvalue weighted by Gasteiger charge is -2.30. The quantitative estimate of drug-likeness (QED) is 0.0474. The third kappa shape index (κ3) is 33.1. The Labute approximate surface area is 334 Å². The highest BCUT2D eigenvalue weighted by molar-refractivity contribution is 8.13. The third-order valence-corrected chi connectivity index (χ3v) is 11.4. The molecule has 0 aromatic rings. The van der Waals surface area contributed by atoms with Gasteiger partial charge in [0.2, 0.25) is 0 Å². The van der Waals surface area contributed by atoms with Gasteiger partial charge in [0.25, 0.3) is 11.7 Å². The fourth-order valence-electron chi connectivity index (χ4n) is 7.03. The molecule has 8 heteroatoms. The Bertz CT molecular complexity index is 770. The van der Waals surface area contributed by atoms with Gasteiger partial charge in [-0.05, 0) is 45.6 Å². The number of thioether (sulfide) groups is 1. The van der Waals surface area contributed by atoms with Gasteiger partial charge in [-0.15, -0.1) is 0 Å². The highest BCUT2D eigenvalue weighted by Crippen LogP contribution is 2.24. The number of amides is 2. The van der Waals surface area contributed by atoms with Gasteiger partial charge >= 0.3 is 6.09 Å². The van der Waals surface area contributed by atoms with Crippen molar-refractivity contribution in [3.63, 3.8) is 0 Å². The van der Waals surface area contributed by atoms with Gasteiger partial charge in [-0.2, -0.15) is 4.90 Å². The minimum Gasteiger partial charge on any atom is -0.446 e. The summed E-state index contributed by atoms with van der Waals surface area (Å²) in [5.41, 5.74) is 0. The standard InChI is InChI=1S/C45H90N2O5S/c1-6-10-14-18-22-26-30-34-38-42(37-33-29-25-21-17-13-9-4)52-44(49)47(45(50)53-40-39-46-5)43(48)51-41(35-31-27-23-19-15-11-7-2)36-32-28-24-20-16-12-8-3/h41-42,44,46,49H,6-40H2,1-5H3. The lowest BCUT2D eigenvalue weighted by Crippen LogP contribution is -2.47. The van der Waals surface area contributed by atoms with Crippen molar-refractivity contribution in [3.05, 3.63) is 0 Å². The van der Waals surface area contributed by atoms with E-state index < -0.39 is 17.7 Å². The molecule has 2 atom stereocenters. The first kappa shape index (κ1) is 52.2. The maximum absolute atomic E-state index is 13.9. The number of carbonyl (C=O) groups is 2. The highest BCUT2D eigenvalue weighted by Gasteiger charge is 2.34. The summed E-state index contributed by atoms with van der Waals surface area (Å²) in [6.07, 6.45) is 35.5. The largest absolute Gasteiger partial charge is 0.446 e. The number of aliphatic hydroxyl groups is 1. The molecule has 0 saturated carbocycles. The molecule has 2 amide bonds. The summed E-state index contributed by atoms with van der Waals surface area (Å²) in [6.45, 7) is 9.60. The number of nitrogens with zero attached hydrogens (tertiary/aromatic N) is 1. The van der Waals surface area contributed by atoms with Crippen LogP contribution in [0.4, 0.5) is 9.59 Å². The van der Waals surface area contributed by atoms with Crippen LogP contribution in [-0.2, 0) is 9.47 Å². The van der Waals surface area contributed by atoms with E-state index in [0.29, 0.717) is 12.3 Å². The predicted octanol–water partition coefficient (Wildman–Crippen LogP) is 14.5. The van der Waals surface area contributed by atoms with Crippen molar-refractivity contribution in [2.75, 3.05) is 19.3 Å². The van der Waals surface area contributed by atoms with E-state index in [9.17, 15) is 14.7 Å². The summed E-state index contributed by atoms with van der Waals surface area (Å²) in [5, 5.41) is 14.1. The second kappa shape index (κ2) is 40.8. The Balaban J connectivity index is 5.60. The predicted molar refractivity (Wildman–Crippen MR) is 230 cm³/mol. The van der Waals surface area contributed by atoms with Crippen LogP contribution in [0.3, 0.4) is 0 Å². The molecule has 0 rings (SSSR count). The molecule has 316 valence electrons. The van der Waals surface area contributed by atoms with Gasteiger partial charge < -0.3 is 19.9 Å². The molecule has 0 aliphatic heterocycles. The van der Waals surface area contributed by atoms with Crippen LogP contribution in [-0.4, -0.2) is 59.3 Å². The fourth-order valence-corrected chi connectivity index (χ4v) is 7.82. The highest BCUT2D eigenvalue weighted by atomic mass is 32.2. The minimum absolute atomic E-state index is 0.206. The van der Waals surface area contributed by atoms with Crippen molar-refractivity contribution in [2.24, 2.45) is 0 Å². The van der Waals surface area contributed by atoms with E-state index >= 15 is 0 Å². The normalized spacial score (nSPS) is 12.7. The van der Waals surface area contributed by atoms with Crippen LogP contribution in [0.25, 0.3) is 0 Å². The lowest BCUT2D eigenvalue weighted by molar-refractivity contribution is -0.194. The Kier molecular flexibility index (Phi) is 40.2. The maximum Gasteiger partial charge on any atom is 0.421 e. The van der Waals surface area contributed by atoms with E-state index in [1.165, 1.54) is 135 Å². The first-order valence-corrected chi connectivity index (χ1v) is 24.1. The summed E-state index contributed by atoms with van der Waals surface area (Å²) >= 11 is 1.03. The Morgan fingerprint density at radius 1 is 0.528 bits per heavy atom. The third-order valence-electron chi connectivity index (χ3n) is 10.5. The number of carbonyl (C=O) groups excluding carboxylic acids is 2. The number of aliphatic hydroxyl groups excluding tert-OH is 1. The second-order valence-electron chi connectivity index (χ2n) is 15.7. The molecule has 0 bridgehead atoms. The van der Waals surface area contributed by atoms with E-state index in [1.54, 1.807) is 0 Å². The molecule has 0 saturated heterocycles. The molecular formula is C45H90N2O5S. The molecule has 0 heterocycles. The summed E-state index contributed by atoms with van der Waals surface area (Å²) < 4.78 is 12.4. The van der Waals surface area contributed by atoms with E-state index in [-0.39, 0.29) is 12.2 Å². The number of nitrogens with one attached hydrogen (secondary N) is 1. The summed E-state index contributed by atoms with van der Waals surface area (Å²) in [4.78, 5) is 28.3. The zero-order valence-electron chi connectivity index (χ0n) is 35.9. The van der Waals surface area contributed by atoms with Gasteiger partial charge in [-0.1, -0.05) is 213 Å². The van der Waals surface area contributed by atoms with Crippen LogP contribution < -0.4 is 5.32 Å². The summed E-state index contributed by atoms with van der Waals surface area (Å²) in [5.74, 6) is 0.491. The van der Waals surface area contributed by atoms with Crippen LogP contribution in [0.1, 0.15) is 240 Å². The van der Waals surface area contributed by atoms with E-state index in [4.69, 9.17) is 9.47 Å². The molecule has 7 nitrogen and oxygen atoms in total. The molecular weight excluding hydrogens is 681 g/mol. The molecule has 0 aromatic carbocycles. The van der Waals surface area contributed by atoms with Crippen LogP contribution in [0.15, 0.2) is 0 Å². The van der Waals surface area contributed by atoms with Crippen molar-refractivity contribution in [1.29, 1.82) is 0 Å². The smallest absolute Gasteiger partial charge is 0.421 e. The second-order valence-corrected chi connectivity index (χ2v) is 16.7. The first-order chi connectivity index (χ1) is 25.9. The van der Waals surface area contributed by atoms with Crippen LogP contribution in [0, 0.1) is 0 Å². The van der Waals surface area contributed by atoms with Crippen molar-refractivity contribution < 1.29 is 24.2 Å². The molecule has 2 unspecified atom stereocenters. The molecule has 0 aliphatic carbocycles. The van der Waals surface area contributed by atoms with E-state index in [1.807, 2.05) is 7.05 Å². The van der Waals surface area contributed by atoms with Crippen molar-refractivity contribution in [1.82, 2.24) is 10.2 Å². The zero-order valence-corrected chi connectivity index (χ0v) is 36.7. The Hall–Kier alpha value is -0.830. The number of ether oxygens (including phenoxy) is 2. The van der Waals surface area contributed by atoms with Crippen LogP contribution in [0.5, 0.6) is 0 Å². The molecule has 0 aliphatic rings. The minimum atomic E-state index is -1.65. The van der Waals surface area contributed by atoms with Crippen molar-refractivity contribution in [3.8, 4) is 0 Å². The molecule has 2 N–H and O–H groups in total. The SMILES string of the molecule is CCCCCCCCCCC(CCCCCCCCC)OC(O)N(C(=O)OC(CCCCCCCCC)CCCCCCCCC)C(=O)SCCNC. The zero-order chi connectivity index (χ0) is 39.0. The van der Waals surface area contributed by atoms with Gasteiger partial charge in [0.05, 0.1) is 6.10 Å². The van der Waals surface area contributed by atoms with Gasteiger partial charge in [0, 0.05) is 12.3 Å². The van der Waals surface area contributed by atoms with Gasteiger partial charge in [-0.3, -0.25) is 4.79 Å². The van der Waals surface area contributed by atoms with Crippen molar-refractivity contribution >= 4 is 23.1 Å². The number of imide groups is 1. The fraction of sp³-hybridized carbons (Fsp3) is 0.956. The Morgan fingerprint density at radius 2 is 0.849 bits per heavy atom. The lowest BCUT2D eigenvalue weighted by atomic mass is 10.0. The van der Waals surface area contributed by atoms with Gasteiger partial charge in [0.1, 0.15) is 6.10 Å². The molecule has 0 fully saturated rings. The van der Waals surface area contributed by atoms with Gasteiger partial charge in [0.15, 0.2) is 0 Å². The Morgan fingerprint density at radius 3 is 1.19 bits per heavy atom. The first-order valence-electron chi connectivity index (χ1n) is 23.1.